The molecule has 1 rings (SSSR count). The van der Waals surface area contributed by atoms with Gasteiger partial charge < -0.3 is 25.6 Å². The summed E-state index contributed by atoms with van der Waals surface area (Å²) in [5.41, 5.74) is 4.42. The second-order valence-electron chi connectivity index (χ2n) is 3.46. The number of aldehydes is 1. The summed E-state index contributed by atoms with van der Waals surface area (Å²) in [6.45, 7) is 0.0501. The minimum Gasteiger partial charge on any atom is -0.369 e. The first-order valence-corrected chi connectivity index (χ1v) is 6.84. The van der Waals surface area contributed by atoms with Gasteiger partial charge in [-0.05, 0) is 0 Å². The third-order valence-corrected chi connectivity index (χ3v) is 2.41. The summed E-state index contributed by atoms with van der Waals surface area (Å²) in [6.07, 6.45) is -0.385. The lowest BCUT2D eigenvalue weighted by Crippen LogP contribution is -2.21. The van der Waals surface area contributed by atoms with Crippen LogP contribution in [0.1, 0.15) is 10.4 Å². The molecule has 1 aromatic heterocycles. The number of anilines is 2. The lowest BCUT2D eigenvalue weighted by atomic mass is 10.3. The number of nitrogen functional groups attached to an aromatic ring is 1. The molecule has 0 atom stereocenters. The largest absolute Gasteiger partial charge is 0.369 e. The molecule has 1 aromatic rings. The summed E-state index contributed by atoms with van der Waals surface area (Å²) in [7, 11) is -4.21. The van der Waals surface area contributed by atoms with Crippen LogP contribution in [0, 0.1) is 0 Å². The molecular weight excluding hydrogens is 279 g/mol. The van der Waals surface area contributed by atoms with Crippen molar-refractivity contribution in [1.29, 1.82) is 0 Å². The minimum absolute atomic E-state index is 0.0176. The predicted molar refractivity (Wildman–Crippen MR) is 66.0 cm³/mol. The van der Waals surface area contributed by atoms with Gasteiger partial charge in [-0.3, -0.25) is 19.1 Å². The molecule has 11 heteroatoms. The van der Waals surface area contributed by atoms with Crippen molar-refractivity contribution in [3.63, 3.8) is 0 Å². The van der Waals surface area contributed by atoms with Gasteiger partial charge in [-0.2, -0.15) is 4.98 Å². The fourth-order valence-electron chi connectivity index (χ4n) is 1.17. The first kappa shape index (κ1) is 15.3. The van der Waals surface area contributed by atoms with Crippen molar-refractivity contribution in [2.24, 2.45) is 0 Å². The molecule has 6 N–H and O–H groups in total. The molecular formula is C8H13N4O6P. The minimum atomic E-state index is -4.21. The number of nitrogens with zero attached hydrogens (tertiary/aromatic N) is 1. The van der Waals surface area contributed by atoms with E-state index in [9.17, 15) is 14.2 Å². The second-order valence-corrected chi connectivity index (χ2v) is 5.05. The molecule has 0 aliphatic heterocycles. The molecule has 0 unspecified atom stereocenters. The molecule has 0 saturated heterocycles. The van der Waals surface area contributed by atoms with Gasteiger partial charge in [0.1, 0.15) is 17.7 Å². The number of aromatic nitrogens is 2. The van der Waals surface area contributed by atoms with Crippen molar-refractivity contribution in [2.75, 3.05) is 30.6 Å². The molecule has 10 nitrogen and oxygen atoms in total. The Bertz CT molecular complexity index is 553. The third kappa shape index (κ3) is 5.18. The number of ether oxygens (including phenoxy) is 1. The smallest absolute Gasteiger partial charge is 0.350 e. The van der Waals surface area contributed by atoms with Gasteiger partial charge in [0.15, 0.2) is 6.29 Å². The van der Waals surface area contributed by atoms with Crippen LogP contribution in [0.15, 0.2) is 4.79 Å². The van der Waals surface area contributed by atoms with Gasteiger partial charge in [-0.25, -0.2) is 0 Å². The maximum Gasteiger partial charge on any atom is 0.350 e. The van der Waals surface area contributed by atoms with Gasteiger partial charge in [-0.15, -0.1) is 0 Å². The zero-order valence-electron chi connectivity index (χ0n) is 9.70. The highest BCUT2D eigenvalue weighted by molar-refractivity contribution is 7.51. The number of carbonyl (C=O) groups excluding carboxylic acids is 1. The molecule has 0 fully saturated rings. The van der Waals surface area contributed by atoms with Crippen LogP contribution in [0.4, 0.5) is 11.8 Å². The van der Waals surface area contributed by atoms with Gasteiger partial charge in [0, 0.05) is 6.54 Å². The quantitative estimate of drug-likeness (QED) is 0.233. The van der Waals surface area contributed by atoms with Crippen LogP contribution in [0.5, 0.6) is 0 Å². The zero-order chi connectivity index (χ0) is 14.5. The number of hydrogen-bond donors (Lipinski definition) is 5. The van der Waals surface area contributed by atoms with Crippen molar-refractivity contribution in [3.05, 3.63) is 15.9 Å². The van der Waals surface area contributed by atoms with E-state index in [4.69, 9.17) is 20.3 Å². The SMILES string of the molecule is Nc1nc(NCCOCP(=O)(O)O)c(C=O)c(=O)[nH]1. The van der Waals surface area contributed by atoms with E-state index >= 15 is 0 Å². The fourth-order valence-corrected chi connectivity index (χ4v) is 1.54. The number of H-pyrrole nitrogens is 1. The number of hydrogen-bond acceptors (Lipinski definition) is 7. The standard InChI is InChI=1S/C8H13N4O6P/c9-8-11-6(5(3-13)7(14)12-8)10-1-2-18-4-19(15,16)17/h3H,1-2,4H2,(H2,15,16,17)(H4,9,10,11,12,14). The Labute approximate surface area is 107 Å². The molecule has 1 heterocycles. The summed E-state index contributed by atoms with van der Waals surface area (Å²) in [5, 5.41) is 2.61. The molecule has 0 aliphatic rings. The van der Waals surface area contributed by atoms with E-state index in [-0.39, 0.29) is 30.5 Å². The summed E-state index contributed by atoms with van der Waals surface area (Å²) < 4.78 is 15.2. The van der Waals surface area contributed by atoms with Crippen molar-refractivity contribution in [1.82, 2.24) is 9.97 Å². The van der Waals surface area contributed by atoms with Crippen LogP contribution in [-0.2, 0) is 9.30 Å². The van der Waals surface area contributed by atoms with Crippen LogP contribution in [0.3, 0.4) is 0 Å². The van der Waals surface area contributed by atoms with Crippen molar-refractivity contribution in [2.45, 2.75) is 0 Å². The van der Waals surface area contributed by atoms with Gasteiger partial charge in [-0.1, -0.05) is 0 Å². The number of carbonyl (C=O) groups is 1. The van der Waals surface area contributed by atoms with Gasteiger partial charge in [0.05, 0.1) is 6.61 Å². The lowest BCUT2D eigenvalue weighted by molar-refractivity contribution is 0.112. The van der Waals surface area contributed by atoms with E-state index in [1.165, 1.54) is 0 Å². The highest BCUT2D eigenvalue weighted by Crippen LogP contribution is 2.33. The zero-order valence-corrected chi connectivity index (χ0v) is 10.6. The van der Waals surface area contributed by atoms with Gasteiger partial charge >= 0.3 is 7.60 Å². The molecule has 0 radical (unpaired) electrons. The molecule has 106 valence electrons. The van der Waals surface area contributed by atoms with Crippen LogP contribution in [-0.4, -0.2) is 45.5 Å². The van der Waals surface area contributed by atoms with Crippen molar-refractivity contribution in [3.8, 4) is 0 Å². The summed E-state index contributed by atoms with van der Waals surface area (Å²) in [6, 6.07) is 0. The Morgan fingerprint density at radius 3 is 2.79 bits per heavy atom. The number of rotatable bonds is 7. The van der Waals surface area contributed by atoms with Crippen molar-refractivity contribution >= 4 is 25.6 Å². The number of nitrogens with two attached hydrogens (primary N) is 1. The third-order valence-electron chi connectivity index (χ3n) is 1.89. The monoisotopic (exact) mass is 292 g/mol. The Morgan fingerprint density at radius 2 is 2.21 bits per heavy atom. The number of aromatic amines is 1. The van der Waals surface area contributed by atoms with Crippen LogP contribution in [0.25, 0.3) is 0 Å². The average Bonchev–Trinajstić information content (AvgIpc) is 2.26. The highest BCUT2D eigenvalue weighted by atomic mass is 31.2. The van der Waals surface area contributed by atoms with E-state index in [2.05, 4.69) is 15.3 Å². The summed E-state index contributed by atoms with van der Waals surface area (Å²) in [4.78, 5) is 45.0. The lowest BCUT2D eigenvalue weighted by Gasteiger charge is -2.09. The molecule has 0 spiro atoms. The normalized spacial score (nSPS) is 11.3. The molecule has 19 heavy (non-hydrogen) atoms. The van der Waals surface area contributed by atoms with Crippen LogP contribution < -0.4 is 16.6 Å². The molecule has 0 aliphatic carbocycles. The Kier molecular flexibility index (Phi) is 5.19. The summed E-state index contributed by atoms with van der Waals surface area (Å²) >= 11 is 0. The average molecular weight is 292 g/mol. The Balaban J connectivity index is 2.56. The van der Waals surface area contributed by atoms with E-state index in [1.54, 1.807) is 0 Å². The van der Waals surface area contributed by atoms with Crippen molar-refractivity contribution < 1.29 is 23.9 Å². The van der Waals surface area contributed by atoms with E-state index in [0.717, 1.165) is 0 Å². The Hall–Kier alpha value is -1.74. The van der Waals surface area contributed by atoms with Crippen LogP contribution in [0.2, 0.25) is 0 Å². The topological polar surface area (TPSA) is 168 Å². The van der Waals surface area contributed by atoms with Gasteiger partial charge in [0.2, 0.25) is 5.95 Å². The van der Waals surface area contributed by atoms with Crippen LogP contribution >= 0.6 is 7.60 Å². The van der Waals surface area contributed by atoms with E-state index < -0.39 is 19.5 Å². The molecule has 0 saturated carbocycles. The summed E-state index contributed by atoms with van der Waals surface area (Å²) in [5.74, 6) is -0.176. The van der Waals surface area contributed by atoms with E-state index in [1.807, 2.05) is 0 Å². The highest BCUT2D eigenvalue weighted by Gasteiger charge is 2.12. The maximum atomic E-state index is 11.3. The molecule has 0 amide bonds. The molecule has 0 bridgehead atoms. The first-order chi connectivity index (χ1) is 8.83. The first-order valence-electron chi connectivity index (χ1n) is 5.04. The predicted octanol–water partition coefficient (Wildman–Crippen LogP) is -1.27. The van der Waals surface area contributed by atoms with Gasteiger partial charge in [0.25, 0.3) is 5.56 Å². The maximum absolute atomic E-state index is 11.3. The number of nitrogens with one attached hydrogen (secondary N) is 2. The Morgan fingerprint density at radius 1 is 1.53 bits per heavy atom. The second kappa shape index (κ2) is 6.43. The molecule has 0 aromatic carbocycles. The fraction of sp³-hybridized carbons (Fsp3) is 0.375. The van der Waals surface area contributed by atoms with E-state index in [0.29, 0.717) is 6.29 Å².